The fraction of sp³-hybridized carbons (Fsp3) is 0.524. The molecule has 29 rings (SSSR count). The number of ether oxygens (including phenoxy) is 15. The van der Waals surface area contributed by atoms with E-state index in [-0.39, 0.29) is 11.1 Å². The van der Waals surface area contributed by atoms with Crippen molar-refractivity contribution in [2.45, 2.75) is 217 Å². The molecule has 0 radical (unpaired) electrons. The average Bonchev–Trinajstić information content (AvgIpc) is 0.767. The lowest BCUT2D eigenvalue weighted by atomic mass is 9.94. The van der Waals surface area contributed by atoms with Crippen LogP contribution in [0.25, 0.3) is 22.3 Å². The molecule has 0 saturated carbocycles. The second-order valence-electron chi connectivity index (χ2n) is 31.4. The van der Waals surface area contributed by atoms with Crippen molar-refractivity contribution in [3.8, 4) is 28.0 Å². The number of carbonyl (C=O) groups is 2. The molecule has 22 fully saturated rings. The number of hydrogen-bond donors (Lipinski definition) is 18. The Bertz CT molecular complexity index is 4580. The maximum atomic E-state index is 12.0. The first-order valence-electron chi connectivity index (χ1n) is 42.1. The van der Waals surface area contributed by atoms with Gasteiger partial charge < -0.3 is 209 Å². The van der Waals surface area contributed by atoms with Crippen molar-refractivity contribution in [2.75, 3.05) is 60.5 Å². The Hall–Kier alpha value is -11.0. The number of pyridine rings is 4. The number of aliphatic hydroxyl groups excluding tert-OH is 18. The van der Waals surface area contributed by atoms with Gasteiger partial charge >= 0.3 is 11.9 Å². The lowest BCUT2D eigenvalue weighted by molar-refractivity contribution is -0.697. The number of carbonyl (C=O) groups excluding carboxylic acids is 2. The summed E-state index contributed by atoms with van der Waals surface area (Å²) >= 11 is 0. The number of aryl methyl sites for hydroxylation is 1. The number of rotatable bonds is 22. The van der Waals surface area contributed by atoms with E-state index in [9.17, 15) is 102 Å². The van der Waals surface area contributed by atoms with Crippen LogP contribution in [0.5, 0.6) is 5.75 Å². The molecule has 22 saturated heterocycles. The first-order chi connectivity index (χ1) is 65.5. The number of aromatic nitrogens is 4. The van der Waals surface area contributed by atoms with Gasteiger partial charge in [0.05, 0.1) is 98.2 Å². The Morgan fingerprint density at radius 2 is 0.584 bits per heavy atom. The van der Waals surface area contributed by atoms with Gasteiger partial charge in [-0.3, -0.25) is 4.98 Å². The molecule has 137 heavy (non-hydrogen) atoms. The van der Waals surface area contributed by atoms with Crippen LogP contribution in [-0.2, 0) is 86.0 Å². The minimum atomic E-state index is -2.15. The molecular formula is C84H105N9O44. The summed E-state index contributed by atoms with van der Waals surface area (Å²) in [5, 5.41) is 249. The standard InChI is InChI=1S/C48H45N6O5.C36H60O30.3NO3/c1-57-47(55)42-31-43(48(56)58-2)33-46(32-42)59-30-4-3-23-52-24-15-40(16-25-52)41-19-28-54(29-20-41)35-37-7-11-45(12-8-37)51-50-44-9-5-36(6-10-44)34-53-26-17-39(18-27-53)38-13-21-49-22-14-38;37-1-7-25-13(43)19(49)31(55-7)62-26-8(2-38)57-33(21(51)15(26)45)64-28-10(4-40)59-35(23(53)17(28)47)66-30-12(6-42)60-36(24(54)18(30)48)65-29-11(5-41)58-34(22(52)16(29)46)63-27-9(3-39)56-32(61-25)20(50)14(27)44;3*2-1(3)4/h5-22,24-29,31-33H,3-4,23,30,34-35H2,1-2H3;7-54H,1-6H2;;;/q+3;;3*-1/t;7-,8-,9-,10-,11-,12-,13-,14-,15-,16-,17-,18-,19-,20-,21-,22-,23-,24-,25-,26-,27-,28-,29-,30-,31-,32-,33-,34-,35-,36-;;;/m.1.../s1. The van der Waals surface area contributed by atoms with Crippen LogP contribution in [0.4, 0.5) is 11.4 Å². The highest BCUT2D eigenvalue weighted by Gasteiger charge is 2.59. The molecule has 53 heteroatoms. The number of unbranched alkanes of at least 4 members (excludes halogenated alkanes) is 1. The van der Waals surface area contributed by atoms with Crippen LogP contribution in [0.1, 0.15) is 44.7 Å². The highest BCUT2D eigenvalue weighted by atomic mass is 16.9. The number of methoxy groups -OCH3 is 2. The third-order valence-electron chi connectivity index (χ3n) is 22.4. The van der Waals surface area contributed by atoms with E-state index in [0.717, 1.165) is 66.1 Å². The van der Waals surface area contributed by atoms with Gasteiger partial charge in [0.15, 0.2) is 88.0 Å². The number of nitrogens with zero attached hydrogens (tertiary/aromatic N) is 9. The van der Waals surface area contributed by atoms with E-state index >= 15 is 0 Å². The van der Waals surface area contributed by atoms with Gasteiger partial charge in [-0.2, -0.15) is 10.2 Å². The fourth-order valence-corrected chi connectivity index (χ4v) is 15.4. The normalized spacial score (nSPS) is 31.9. The molecule has 3 aromatic carbocycles. The molecule has 0 unspecified atom stereocenters. The van der Waals surface area contributed by atoms with Crippen molar-refractivity contribution in [1.82, 2.24) is 4.98 Å². The number of aliphatic hydroxyl groups is 18. The van der Waals surface area contributed by atoms with Crippen LogP contribution < -0.4 is 18.4 Å². The lowest BCUT2D eigenvalue weighted by Crippen LogP contribution is -2.69. The van der Waals surface area contributed by atoms with Gasteiger partial charge in [0, 0.05) is 66.3 Å². The third-order valence-corrected chi connectivity index (χ3v) is 22.4. The Labute approximate surface area is 775 Å². The molecule has 22 aliphatic heterocycles. The van der Waals surface area contributed by atoms with Crippen molar-refractivity contribution < 1.29 is 202 Å². The maximum Gasteiger partial charge on any atom is 0.338 e. The van der Waals surface area contributed by atoms with Crippen LogP contribution >= 0.6 is 0 Å². The molecule has 0 aliphatic carbocycles. The van der Waals surface area contributed by atoms with Crippen molar-refractivity contribution in [2.24, 2.45) is 10.2 Å². The van der Waals surface area contributed by atoms with Crippen LogP contribution in [0, 0.1) is 46.0 Å². The van der Waals surface area contributed by atoms with Crippen molar-refractivity contribution in [3.63, 3.8) is 0 Å². The number of hydrogen-bond acceptors (Lipinski definition) is 47. The van der Waals surface area contributed by atoms with Crippen molar-refractivity contribution in [1.29, 1.82) is 0 Å². The average molecular weight is 1940 g/mol. The molecule has 0 amide bonds. The summed E-state index contributed by atoms with van der Waals surface area (Å²) in [5.74, 6) is -0.681. The summed E-state index contributed by atoms with van der Waals surface area (Å²) < 4.78 is 89.8. The minimum Gasteiger partial charge on any atom is -0.494 e. The van der Waals surface area contributed by atoms with E-state index in [1.165, 1.54) is 31.4 Å². The van der Waals surface area contributed by atoms with E-state index in [2.05, 4.69) is 127 Å². The first kappa shape index (κ1) is 108. The summed E-state index contributed by atoms with van der Waals surface area (Å²) in [6, 6.07) is 37.6. The summed E-state index contributed by atoms with van der Waals surface area (Å²) in [6.45, 7) is -3.22. The van der Waals surface area contributed by atoms with Gasteiger partial charge in [0.25, 0.3) is 0 Å². The van der Waals surface area contributed by atoms with Crippen LogP contribution in [-0.4, -0.2) is 369 Å². The van der Waals surface area contributed by atoms with E-state index in [4.69, 9.17) is 117 Å². The van der Waals surface area contributed by atoms with E-state index < -0.39 is 251 Å². The van der Waals surface area contributed by atoms with Gasteiger partial charge in [-0.05, 0) is 83.3 Å². The SMILES string of the molecule is COC(=O)c1cc(OCCCC[n+]2ccc(-c3cc[n+](Cc4ccc(N=Nc5ccc(C[n+]6ccc(-c7ccncc7)cc6)cc5)cc4)cc3)cc2)cc(C(=O)OC)c1.O=[N+]([O-])[O-].O=[N+]([O-])[O-].O=[N+]([O-])[O-].OC[C@H]1O[C@@H]2O[C@H]3[C@H](O)[C@@H](O)[C@@H](O[C@H]4[C@H](O)[C@@H](O)[C@@H](O[C@H]5[C@H](O)[C@@H](O)[C@@H](O[C@H]6[C@H](O)[C@@H](O)[C@@H](O[C@H]7[C@H](O)[C@@H](O)[C@@H](O[C@H]1[C@H](O)[C@H]2O)O[C@@H]7CO)O[C@@H]6CO)O[C@@H]5CO)O[C@@H]4CO)O[C@@H]3CO. The molecule has 18 N–H and O–H groups in total. The fourth-order valence-electron chi connectivity index (χ4n) is 15.4. The van der Waals surface area contributed by atoms with E-state index in [1.54, 1.807) is 12.1 Å². The Balaban J connectivity index is 0.000000254. The summed E-state index contributed by atoms with van der Waals surface area (Å²) in [7, 11) is 2.58. The third kappa shape index (κ3) is 28.9. The Morgan fingerprint density at radius 3 is 0.825 bits per heavy atom. The topological polar surface area (TPSA) is 785 Å². The zero-order chi connectivity index (χ0) is 99.6. The van der Waals surface area contributed by atoms with E-state index in [0.29, 0.717) is 12.4 Å². The summed E-state index contributed by atoms with van der Waals surface area (Å²) in [6.07, 6.45) is -40.6. The molecule has 30 atom stereocenters. The maximum absolute atomic E-state index is 12.0. The highest BCUT2D eigenvalue weighted by Crippen LogP contribution is 2.39. The second-order valence-corrected chi connectivity index (χ2v) is 31.4. The molecule has 53 nitrogen and oxygen atoms in total. The van der Waals surface area contributed by atoms with Gasteiger partial charge in [-0.1, -0.05) is 24.3 Å². The highest BCUT2D eigenvalue weighted by molar-refractivity contribution is 5.96. The van der Waals surface area contributed by atoms with Crippen molar-refractivity contribution in [3.05, 3.63) is 233 Å². The predicted octanol–water partition coefficient (Wildman–Crippen LogP) is -5.55. The van der Waals surface area contributed by atoms with Gasteiger partial charge in [-0.15, -0.1) is 0 Å². The predicted molar refractivity (Wildman–Crippen MR) is 448 cm³/mol. The smallest absolute Gasteiger partial charge is 0.338 e. The molecule has 7 aromatic rings. The largest absolute Gasteiger partial charge is 0.494 e. The first-order valence-corrected chi connectivity index (χ1v) is 42.1. The van der Waals surface area contributed by atoms with Gasteiger partial charge in [0.1, 0.15) is 159 Å². The Morgan fingerprint density at radius 1 is 0.343 bits per heavy atom. The molecule has 22 aliphatic rings. The monoisotopic (exact) mass is 1940 g/mol. The van der Waals surface area contributed by atoms with Crippen LogP contribution in [0.2, 0.25) is 0 Å². The molecular weight excluding hydrogens is 1840 g/mol. The lowest BCUT2D eigenvalue weighted by Gasteiger charge is -2.50. The molecule has 4 aromatic heterocycles. The van der Waals surface area contributed by atoms with E-state index in [1.807, 2.05) is 48.8 Å². The molecule has 26 heterocycles. The number of esters is 2. The summed E-state index contributed by atoms with van der Waals surface area (Å²) in [4.78, 5) is 52.9. The molecule has 12 bridgehead atoms. The van der Waals surface area contributed by atoms with Crippen LogP contribution in [0.15, 0.2) is 175 Å². The number of benzene rings is 3. The van der Waals surface area contributed by atoms with Crippen molar-refractivity contribution >= 4 is 23.3 Å². The quantitative estimate of drug-likeness (QED) is 0.00751. The molecule has 0 spiro atoms. The zero-order valence-electron chi connectivity index (χ0n) is 72.6. The second kappa shape index (κ2) is 51.6. The van der Waals surface area contributed by atoms with Gasteiger partial charge in [-0.25, -0.2) is 23.3 Å². The van der Waals surface area contributed by atoms with Gasteiger partial charge in [0.2, 0.25) is 0 Å². The van der Waals surface area contributed by atoms with Crippen LogP contribution in [0.3, 0.4) is 0 Å². The Kier molecular flexibility index (Phi) is 40.7. The number of azo groups is 1. The zero-order valence-corrected chi connectivity index (χ0v) is 72.6. The molecule has 750 valence electrons. The minimum absolute atomic E-state index is 0.231. The summed E-state index contributed by atoms with van der Waals surface area (Å²) in [5.41, 5.74) is 9.02.